The van der Waals surface area contributed by atoms with E-state index in [0.717, 1.165) is 93.6 Å². The summed E-state index contributed by atoms with van der Waals surface area (Å²) in [5.41, 5.74) is 6.91. The number of piperazine rings is 2. The Labute approximate surface area is 240 Å². The molecule has 0 unspecified atom stereocenters. The van der Waals surface area contributed by atoms with Crippen LogP contribution in [-0.2, 0) is 0 Å². The van der Waals surface area contributed by atoms with E-state index in [-0.39, 0.29) is 19.0 Å². The lowest BCUT2D eigenvalue weighted by Gasteiger charge is -2.35. The number of aromatic nitrogens is 2. The van der Waals surface area contributed by atoms with Gasteiger partial charge in [-0.1, -0.05) is 24.3 Å². The number of β-amino-alcohol motifs (C(OH)–C–C–N with tert-alkyl or cyclic N) is 2. The van der Waals surface area contributed by atoms with Gasteiger partial charge in [-0.15, -0.1) is 0 Å². The summed E-state index contributed by atoms with van der Waals surface area (Å²) in [4.78, 5) is 19.2. The molecule has 4 aromatic rings. The highest BCUT2D eigenvalue weighted by Gasteiger charge is 2.20. The SMILES string of the molecule is OCCN1CCN(c2ccc(-c3nc4ccc(F)cc4nc3-c3ccc(N4CCN(CCO)CC4)cc3)cc2)CC1. The minimum atomic E-state index is -0.329. The van der Waals surface area contributed by atoms with E-state index in [2.05, 4.69) is 68.1 Å². The standard InChI is InChI=1S/C32H37FN6O2/c33-26-5-10-29-30(23-26)35-32(25-3-8-28(9-4-25)39-17-13-37(14-18-39)20-22-41)31(34-29)24-1-6-27(7-2-24)38-15-11-36(12-16-38)19-21-40/h1-10,23,40-41H,11-22H2. The van der Waals surface area contributed by atoms with Crippen molar-refractivity contribution in [2.24, 2.45) is 0 Å². The zero-order valence-electron chi connectivity index (χ0n) is 23.3. The first kappa shape index (κ1) is 27.5. The number of aliphatic hydroxyl groups excluding tert-OH is 2. The van der Waals surface area contributed by atoms with Crippen LogP contribution >= 0.6 is 0 Å². The normalized spacial score (nSPS) is 17.0. The fraction of sp³-hybridized carbons (Fsp3) is 0.375. The minimum Gasteiger partial charge on any atom is -0.395 e. The molecule has 2 saturated heterocycles. The number of anilines is 2. The molecule has 0 saturated carbocycles. The van der Waals surface area contributed by atoms with E-state index < -0.39 is 0 Å². The summed E-state index contributed by atoms with van der Waals surface area (Å²) in [6, 6.07) is 21.4. The largest absolute Gasteiger partial charge is 0.395 e. The molecule has 0 amide bonds. The molecule has 214 valence electrons. The highest BCUT2D eigenvalue weighted by molar-refractivity contribution is 5.86. The predicted octanol–water partition coefficient (Wildman–Crippen LogP) is 3.33. The molecule has 2 aliphatic heterocycles. The Hall–Kier alpha value is -3.63. The molecular weight excluding hydrogens is 519 g/mol. The Morgan fingerprint density at radius 2 is 1.00 bits per heavy atom. The second kappa shape index (κ2) is 12.5. The van der Waals surface area contributed by atoms with Crippen LogP contribution in [0.2, 0.25) is 0 Å². The molecule has 8 nitrogen and oxygen atoms in total. The number of halogens is 1. The Bertz CT molecular complexity index is 1450. The zero-order valence-corrected chi connectivity index (χ0v) is 23.3. The van der Waals surface area contributed by atoms with Gasteiger partial charge in [-0.3, -0.25) is 9.80 Å². The van der Waals surface area contributed by atoms with Crippen LogP contribution in [0.4, 0.5) is 15.8 Å². The molecule has 0 atom stereocenters. The van der Waals surface area contributed by atoms with Crippen LogP contribution < -0.4 is 9.80 Å². The van der Waals surface area contributed by atoms with Gasteiger partial charge in [0.1, 0.15) is 5.82 Å². The predicted molar refractivity (Wildman–Crippen MR) is 162 cm³/mol. The van der Waals surface area contributed by atoms with Crippen LogP contribution in [0.5, 0.6) is 0 Å². The van der Waals surface area contributed by atoms with Crippen molar-refractivity contribution in [3.8, 4) is 22.5 Å². The molecule has 3 aromatic carbocycles. The van der Waals surface area contributed by atoms with Crippen LogP contribution in [-0.4, -0.2) is 109 Å². The summed E-state index contributed by atoms with van der Waals surface area (Å²) in [6.07, 6.45) is 0. The topological polar surface area (TPSA) is 79.2 Å². The maximum Gasteiger partial charge on any atom is 0.125 e. The molecule has 2 fully saturated rings. The fourth-order valence-corrected chi connectivity index (χ4v) is 5.83. The molecule has 2 N–H and O–H groups in total. The van der Waals surface area contributed by atoms with E-state index in [1.165, 1.54) is 17.8 Å². The van der Waals surface area contributed by atoms with Gasteiger partial charge in [0.2, 0.25) is 0 Å². The van der Waals surface area contributed by atoms with Gasteiger partial charge in [0.05, 0.1) is 35.6 Å². The van der Waals surface area contributed by atoms with Crippen LogP contribution in [0.3, 0.4) is 0 Å². The van der Waals surface area contributed by atoms with Gasteiger partial charge in [-0.2, -0.15) is 0 Å². The lowest BCUT2D eigenvalue weighted by molar-refractivity contribution is 0.188. The summed E-state index contributed by atoms with van der Waals surface area (Å²) in [7, 11) is 0. The van der Waals surface area contributed by atoms with Gasteiger partial charge in [0.25, 0.3) is 0 Å². The first-order chi connectivity index (χ1) is 20.1. The van der Waals surface area contributed by atoms with Crippen molar-refractivity contribution in [1.29, 1.82) is 0 Å². The summed E-state index contributed by atoms with van der Waals surface area (Å²) in [5, 5.41) is 18.5. The first-order valence-corrected chi connectivity index (χ1v) is 14.5. The van der Waals surface area contributed by atoms with Crippen molar-refractivity contribution in [3.63, 3.8) is 0 Å². The number of hydrogen-bond donors (Lipinski definition) is 2. The van der Waals surface area contributed by atoms with E-state index in [1.54, 1.807) is 6.07 Å². The van der Waals surface area contributed by atoms with Crippen molar-refractivity contribution in [1.82, 2.24) is 19.8 Å². The second-order valence-electron chi connectivity index (χ2n) is 10.8. The van der Waals surface area contributed by atoms with Crippen LogP contribution in [0.25, 0.3) is 33.5 Å². The molecule has 6 rings (SSSR count). The molecule has 3 heterocycles. The van der Waals surface area contributed by atoms with Gasteiger partial charge in [-0.05, 0) is 36.4 Å². The van der Waals surface area contributed by atoms with Crippen LogP contribution in [0.1, 0.15) is 0 Å². The maximum absolute atomic E-state index is 14.1. The fourth-order valence-electron chi connectivity index (χ4n) is 5.83. The molecular formula is C32H37FN6O2. The number of hydrogen-bond acceptors (Lipinski definition) is 8. The third kappa shape index (κ3) is 6.18. The molecule has 0 radical (unpaired) electrons. The second-order valence-corrected chi connectivity index (χ2v) is 10.8. The minimum absolute atomic E-state index is 0.193. The quantitative estimate of drug-likeness (QED) is 0.342. The lowest BCUT2D eigenvalue weighted by atomic mass is 10.0. The monoisotopic (exact) mass is 556 g/mol. The highest BCUT2D eigenvalue weighted by Crippen LogP contribution is 2.33. The number of aliphatic hydroxyl groups is 2. The molecule has 2 aliphatic rings. The maximum atomic E-state index is 14.1. The molecule has 41 heavy (non-hydrogen) atoms. The van der Waals surface area contributed by atoms with E-state index >= 15 is 0 Å². The third-order valence-electron chi connectivity index (χ3n) is 8.22. The highest BCUT2D eigenvalue weighted by atomic mass is 19.1. The van der Waals surface area contributed by atoms with E-state index in [4.69, 9.17) is 9.97 Å². The molecule has 9 heteroatoms. The van der Waals surface area contributed by atoms with Gasteiger partial charge < -0.3 is 20.0 Å². The van der Waals surface area contributed by atoms with Crippen molar-refractivity contribution in [2.45, 2.75) is 0 Å². The van der Waals surface area contributed by atoms with Crippen molar-refractivity contribution >= 4 is 22.4 Å². The number of benzene rings is 3. The van der Waals surface area contributed by atoms with E-state index in [9.17, 15) is 14.6 Å². The smallest absolute Gasteiger partial charge is 0.125 e. The van der Waals surface area contributed by atoms with Gasteiger partial charge >= 0.3 is 0 Å². The van der Waals surface area contributed by atoms with E-state index in [1.807, 2.05) is 0 Å². The van der Waals surface area contributed by atoms with Crippen molar-refractivity contribution < 1.29 is 14.6 Å². The Balaban J connectivity index is 1.27. The molecule has 1 aromatic heterocycles. The number of fused-ring (bicyclic) bond motifs is 1. The average molecular weight is 557 g/mol. The first-order valence-electron chi connectivity index (χ1n) is 14.5. The summed E-state index contributed by atoms with van der Waals surface area (Å²) < 4.78 is 14.1. The average Bonchev–Trinajstić information content (AvgIpc) is 3.02. The summed E-state index contributed by atoms with van der Waals surface area (Å²) in [5.74, 6) is -0.329. The van der Waals surface area contributed by atoms with Gasteiger partial charge in [-0.25, -0.2) is 14.4 Å². The number of rotatable bonds is 8. The van der Waals surface area contributed by atoms with Crippen molar-refractivity contribution in [3.05, 3.63) is 72.5 Å². The molecule has 0 spiro atoms. The van der Waals surface area contributed by atoms with Gasteiger partial charge in [0.15, 0.2) is 0 Å². The number of nitrogens with zero attached hydrogens (tertiary/aromatic N) is 6. The molecule has 0 bridgehead atoms. The summed E-state index contributed by atoms with van der Waals surface area (Å²) in [6.45, 7) is 9.27. The van der Waals surface area contributed by atoms with Crippen molar-refractivity contribution in [2.75, 3.05) is 88.5 Å². The van der Waals surface area contributed by atoms with Crippen LogP contribution in [0, 0.1) is 5.82 Å². The summed E-state index contributed by atoms with van der Waals surface area (Å²) >= 11 is 0. The Kier molecular flexibility index (Phi) is 8.38. The van der Waals surface area contributed by atoms with Gasteiger partial charge in [0, 0.05) is 94.0 Å². The molecule has 0 aliphatic carbocycles. The van der Waals surface area contributed by atoms with E-state index in [0.29, 0.717) is 11.0 Å². The zero-order chi connectivity index (χ0) is 28.2. The Morgan fingerprint density at radius 3 is 1.44 bits per heavy atom. The lowest BCUT2D eigenvalue weighted by Crippen LogP contribution is -2.47. The third-order valence-corrected chi connectivity index (χ3v) is 8.22. The van der Waals surface area contributed by atoms with Crippen LogP contribution in [0.15, 0.2) is 66.7 Å². The Morgan fingerprint density at radius 1 is 0.561 bits per heavy atom.